The monoisotopic (exact) mass is 384 g/mol. The van der Waals surface area contributed by atoms with Gasteiger partial charge in [0.05, 0.1) is 18.6 Å². The van der Waals surface area contributed by atoms with Crippen LogP contribution in [0.5, 0.6) is 0 Å². The first-order valence-corrected chi connectivity index (χ1v) is 9.96. The van der Waals surface area contributed by atoms with Gasteiger partial charge in [0, 0.05) is 5.69 Å². The van der Waals surface area contributed by atoms with Crippen molar-refractivity contribution in [3.63, 3.8) is 0 Å². The normalized spacial score (nSPS) is 11.3. The van der Waals surface area contributed by atoms with E-state index in [4.69, 9.17) is 0 Å². The Kier molecular flexibility index (Phi) is 6.03. The van der Waals surface area contributed by atoms with Gasteiger partial charge in [-0.2, -0.15) is 0 Å². The summed E-state index contributed by atoms with van der Waals surface area (Å²) in [6.45, 7) is 7.38. The lowest BCUT2D eigenvalue weighted by Crippen LogP contribution is -2.34. The second-order valence-electron chi connectivity index (χ2n) is 6.46. The fourth-order valence-corrected chi connectivity index (χ4v) is 3.80. The number of benzene rings is 1. The number of nitrogens with zero attached hydrogens (tertiary/aromatic N) is 2. The van der Waals surface area contributed by atoms with Crippen molar-refractivity contribution in [2.45, 2.75) is 33.7 Å². The Bertz CT molecular complexity index is 1010. The molecule has 0 bridgehead atoms. The van der Waals surface area contributed by atoms with Crippen LogP contribution in [0.2, 0.25) is 0 Å². The van der Waals surface area contributed by atoms with E-state index in [2.05, 4.69) is 22.2 Å². The lowest BCUT2D eigenvalue weighted by Gasteiger charge is -2.20. The minimum Gasteiger partial charge on any atom is -0.324 e. The van der Waals surface area contributed by atoms with Crippen molar-refractivity contribution in [2.24, 2.45) is 0 Å². The molecule has 1 amide bonds. The van der Waals surface area contributed by atoms with Gasteiger partial charge in [0.1, 0.15) is 10.5 Å². The molecule has 0 unspecified atom stereocenters. The van der Waals surface area contributed by atoms with Crippen LogP contribution in [0.25, 0.3) is 10.2 Å². The molecule has 2 N–H and O–H groups in total. The minimum atomic E-state index is -0.127. The van der Waals surface area contributed by atoms with Gasteiger partial charge in [0.15, 0.2) is 0 Å². The van der Waals surface area contributed by atoms with Crippen molar-refractivity contribution < 1.29 is 4.79 Å². The number of amides is 1. The smallest absolute Gasteiger partial charge is 0.268 e. The number of nitrogens with one attached hydrogen (secondary N) is 2. The third-order valence-corrected chi connectivity index (χ3v) is 5.46. The molecule has 6 nitrogen and oxygen atoms in total. The molecule has 3 rings (SSSR count). The maximum Gasteiger partial charge on any atom is 0.268 e. The van der Waals surface area contributed by atoms with Crippen LogP contribution in [0.1, 0.15) is 30.8 Å². The van der Waals surface area contributed by atoms with E-state index in [1.165, 1.54) is 11.3 Å². The van der Waals surface area contributed by atoms with Crippen molar-refractivity contribution >= 4 is 33.1 Å². The zero-order valence-corrected chi connectivity index (χ0v) is 16.7. The fourth-order valence-electron chi connectivity index (χ4n) is 3.07. The number of anilines is 1. The molecule has 7 heteroatoms. The molecule has 0 aliphatic rings. The molecule has 0 spiro atoms. The van der Waals surface area contributed by atoms with E-state index in [0.717, 1.165) is 23.2 Å². The minimum absolute atomic E-state index is 0.0696. The highest BCUT2D eigenvalue weighted by Gasteiger charge is 2.14. The maximum absolute atomic E-state index is 12.6. The largest absolute Gasteiger partial charge is 0.324 e. The summed E-state index contributed by atoms with van der Waals surface area (Å²) in [6.07, 6.45) is 0.862. The lowest BCUT2D eigenvalue weighted by molar-refractivity contribution is -0.117. The molecular formula is C20H24N4O2S. The summed E-state index contributed by atoms with van der Waals surface area (Å²) in [4.78, 5) is 34.0. The summed E-state index contributed by atoms with van der Waals surface area (Å²) in [5.41, 5.74) is 3.65. The van der Waals surface area contributed by atoms with E-state index in [9.17, 15) is 9.59 Å². The summed E-state index contributed by atoms with van der Waals surface area (Å²) < 4.78 is 0.631. The zero-order valence-electron chi connectivity index (χ0n) is 15.8. The first kappa shape index (κ1) is 19.3. The van der Waals surface area contributed by atoms with Gasteiger partial charge in [-0.1, -0.05) is 32.0 Å². The predicted octanol–water partition coefficient (Wildman–Crippen LogP) is 3.32. The van der Waals surface area contributed by atoms with Gasteiger partial charge in [-0.15, -0.1) is 11.3 Å². The predicted molar refractivity (Wildman–Crippen MR) is 110 cm³/mol. The Morgan fingerprint density at radius 1 is 1.30 bits per heavy atom. The third-order valence-electron chi connectivity index (χ3n) is 4.56. The molecule has 0 saturated carbocycles. The van der Waals surface area contributed by atoms with Crippen LogP contribution in [0.4, 0.5) is 5.69 Å². The van der Waals surface area contributed by atoms with E-state index in [1.807, 2.05) is 48.4 Å². The number of hydrogen-bond acceptors (Lipinski definition) is 5. The number of carbonyl (C=O) groups is 1. The molecule has 0 saturated heterocycles. The SMILES string of the molecule is CCc1cccc(C)c1NC(=O)CN(CC)Cc1nc2ccsc2c(=O)[nH]1. The van der Waals surface area contributed by atoms with Crippen LogP contribution >= 0.6 is 11.3 Å². The first-order chi connectivity index (χ1) is 13.0. The third kappa shape index (κ3) is 4.43. The number of para-hydroxylation sites is 1. The summed E-state index contributed by atoms with van der Waals surface area (Å²) in [6, 6.07) is 7.87. The maximum atomic E-state index is 12.6. The van der Waals surface area contributed by atoms with Crippen LogP contribution in [-0.2, 0) is 17.8 Å². The Morgan fingerprint density at radius 2 is 2.11 bits per heavy atom. The quantitative estimate of drug-likeness (QED) is 0.655. The van der Waals surface area contributed by atoms with Gasteiger partial charge in [-0.3, -0.25) is 14.5 Å². The summed E-state index contributed by atoms with van der Waals surface area (Å²) >= 11 is 1.38. The topological polar surface area (TPSA) is 78.1 Å². The number of likely N-dealkylation sites (N-methyl/N-ethyl adjacent to an activating group) is 1. The number of aromatic amines is 1. The molecule has 1 aromatic carbocycles. The summed E-state index contributed by atoms with van der Waals surface area (Å²) in [7, 11) is 0. The lowest BCUT2D eigenvalue weighted by atomic mass is 10.1. The number of rotatable bonds is 7. The van der Waals surface area contributed by atoms with Crippen molar-refractivity contribution in [3.8, 4) is 0 Å². The Morgan fingerprint density at radius 3 is 2.85 bits per heavy atom. The van der Waals surface area contributed by atoms with Gasteiger partial charge in [-0.05, 0) is 42.5 Å². The van der Waals surface area contributed by atoms with Gasteiger partial charge < -0.3 is 10.3 Å². The van der Waals surface area contributed by atoms with Crippen LogP contribution < -0.4 is 10.9 Å². The van der Waals surface area contributed by atoms with Crippen LogP contribution in [0, 0.1) is 6.92 Å². The molecule has 3 aromatic rings. The highest BCUT2D eigenvalue weighted by molar-refractivity contribution is 7.17. The Labute approximate surface area is 162 Å². The fraction of sp³-hybridized carbons (Fsp3) is 0.350. The van der Waals surface area contributed by atoms with Crippen molar-refractivity contribution in [1.29, 1.82) is 0 Å². The molecule has 0 fully saturated rings. The van der Waals surface area contributed by atoms with E-state index in [0.29, 0.717) is 29.1 Å². The number of H-pyrrole nitrogens is 1. The number of aryl methyl sites for hydroxylation is 2. The van der Waals surface area contributed by atoms with Gasteiger partial charge in [-0.25, -0.2) is 4.98 Å². The van der Waals surface area contributed by atoms with Gasteiger partial charge in [0.2, 0.25) is 5.91 Å². The number of aromatic nitrogens is 2. The van der Waals surface area contributed by atoms with Gasteiger partial charge in [0.25, 0.3) is 5.56 Å². The van der Waals surface area contributed by atoms with Crippen LogP contribution in [0.3, 0.4) is 0 Å². The molecule has 0 aliphatic heterocycles. The second-order valence-corrected chi connectivity index (χ2v) is 7.38. The van der Waals surface area contributed by atoms with Crippen molar-refractivity contribution in [3.05, 3.63) is 57.0 Å². The molecule has 2 heterocycles. The summed E-state index contributed by atoms with van der Waals surface area (Å²) in [5.74, 6) is 0.505. The van der Waals surface area contributed by atoms with E-state index in [-0.39, 0.29) is 18.0 Å². The number of fused-ring (bicyclic) bond motifs is 1. The molecule has 0 aliphatic carbocycles. The molecule has 2 aromatic heterocycles. The van der Waals surface area contributed by atoms with Crippen molar-refractivity contribution in [1.82, 2.24) is 14.9 Å². The highest BCUT2D eigenvalue weighted by Crippen LogP contribution is 2.21. The molecular weight excluding hydrogens is 360 g/mol. The van der Waals surface area contributed by atoms with Gasteiger partial charge >= 0.3 is 0 Å². The number of hydrogen-bond donors (Lipinski definition) is 2. The van der Waals surface area contributed by atoms with Crippen LogP contribution in [0.15, 0.2) is 34.4 Å². The second kappa shape index (κ2) is 8.45. The number of carbonyl (C=O) groups excluding carboxylic acids is 1. The standard InChI is InChI=1S/C20H24N4O2S/c1-4-14-8-6-7-13(3)18(14)23-17(25)12-24(5-2)11-16-21-15-9-10-27-19(15)20(26)22-16/h6-10H,4-5,11-12H2,1-3H3,(H,23,25)(H,21,22,26). The van der Waals surface area contributed by atoms with E-state index in [1.54, 1.807) is 0 Å². The average Bonchev–Trinajstić information content (AvgIpc) is 3.12. The molecule has 142 valence electrons. The first-order valence-electron chi connectivity index (χ1n) is 9.08. The average molecular weight is 385 g/mol. The highest BCUT2D eigenvalue weighted by atomic mass is 32.1. The van der Waals surface area contributed by atoms with E-state index >= 15 is 0 Å². The molecule has 0 atom stereocenters. The van der Waals surface area contributed by atoms with E-state index < -0.39 is 0 Å². The molecule has 27 heavy (non-hydrogen) atoms. The van der Waals surface area contributed by atoms with Crippen LogP contribution in [-0.4, -0.2) is 33.9 Å². The summed E-state index contributed by atoms with van der Waals surface area (Å²) in [5, 5.41) is 4.90. The Balaban J connectivity index is 1.71. The Hall–Kier alpha value is -2.51. The molecule has 0 radical (unpaired) electrons. The van der Waals surface area contributed by atoms with Crippen molar-refractivity contribution in [2.75, 3.05) is 18.4 Å². The zero-order chi connectivity index (χ0) is 19.4. The number of thiophene rings is 1.